The van der Waals surface area contributed by atoms with Gasteiger partial charge in [-0.25, -0.2) is 18.9 Å². The zero-order valence-corrected chi connectivity index (χ0v) is 17.5. The lowest BCUT2D eigenvalue weighted by Crippen LogP contribution is -2.54. The summed E-state index contributed by atoms with van der Waals surface area (Å²) in [7, 11) is 0. The number of barbiturate groups is 1. The van der Waals surface area contributed by atoms with Crippen molar-refractivity contribution in [1.29, 1.82) is 0 Å². The van der Waals surface area contributed by atoms with Crippen molar-refractivity contribution < 1.29 is 33.4 Å². The lowest BCUT2D eigenvalue weighted by atomic mass is 10.1. The third-order valence-corrected chi connectivity index (χ3v) is 5.00. The number of carbonyl (C=O) groups is 4. The highest BCUT2D eigenvalue weighted by molar-refractivity contribution is 6.39. The average Bonchev–Trinajstić information content (AvgIpc) is 2.82. The Morgan fingerprint density at radius 2 is 1.65 bits per heavy atom. The Morgan fingerprint density at radius 3 is 2.32 bits per heavy atom. The number of amides is 4. The Morgan fingerprint density at radius 1 is 0.971 bits per heavy atom. The monoisotopic (exact) mass is 460 g/mol. The van der Waals surface area contributed by atoms with Crippen molar-refractivity contribution in [3.8, 4) is 5.75 Å². The summed E-state index contributed by atoms with van der Waals surface area (Å²) < 4.78 is 18.9. The summed E-state index contributed by atoms with van der Waals surface area (Å²) in [6.07, 6.45) is 1.31. The van der Waals surface area contributed by atoms with Crippen LogP contribution < -0.4 is 15.0 Å². The van der Waals surface area contributed by atoms with Crippen LogP contribution in [0.1, 0.15) is 21.5 Å². The van der Waals surface area contributed by atoms with Crippen molar-refractivity contribution in [3.63, 3.8) is 0 Å². The van der Waals surface area contributed by atoms with Gasteiger partial charge in [0.15, 0.2) is 0 Å². The summed E-state index contributed by atoms with van der Waals surface area (Å²) in [5.41, 5.74) is 0.912. The average molecular weight is 460 g/mol. The molecule has 1 fully saturated rings. The summed E-state index contributed by atoms with van der Waals surface area (Å²) in [5, 5.41) is 11.2. The summed E-state index contributed by atoms with van der Waals surface area (Å²) in [6.45, 7) is 0.126. The van der Waals surface area contributed by atoms with Gasteiger partial charge in [-0.15, -0.1) is 0 Å². The van der Waals surface area contributed by atoms with Crippen molar-refractivity contribution in [2.75, 3.05) is 4.90 Å². The molecular weight excluding hydrogens is 443 g/mol. The molecule has 4 rings (SSSR count). The zero-order valence-electron chi connectivity index (χ0n) is 17.5. The van der Waals surface area contributed by atoms with E-state index in [0.717, 1.165) is 10.5 Å². The van der Waals surface area contributed by atoms with E-state index in [4.69, 9.17) is 9.84 Å². The van der Waals surface area contributed by atoms with Crippen LogP contribution in [0.5, 0.6) is 5.75 Å². The molecule has 0 radical (unpaired) electrons. The molecule has 0 spiro atoms. The first-order valence-electron chi connectivity index (χ1n) is 10.0. The number of urea groups is 1. The van der Waals surface area contributed by atoms with E-state index in [9.17, 15) is 23.6 Å². The number of imide groups is 2. The fourth-order valence-electron chi connectivity index (χ4n) is 3.27. The lowest BCUT2D eigenvalue weighted by Gasteiger charge is -2.26. The van der Waals surface area contributed by atoms with Gasteiger partial charge in [0.25, 0.3) is 11.8 Å². The van der Waals surface area contributed by atoms with Gasteiger partial charge in [-0.1, -0.05) is 30.3 Å². The Bertz CT molecular complexity index is 1320. The summed E-state index contributed by atoms with van der Waals surface area (Å²) in [4.78, 5) is 49.7. The number of halogens is 1. The summed E-state index contributed by atoms with van der Waals surface area (Å²) >= 11 is 0. The smallest absolute Gasteiger partial charge is 0.335 e. The normalized spacial score (nSPS) is 14.8. The Kier molecular flexibility index (Phi) is 6.18. The number of benzene rings is 3. The molecule has 2 N–H and O–H groups in total. The quantitative estimate of drug-likeness (QED) is 0.428. The second-order valence-corrected chi connectivity index (χ2v) is 7.26. The molecule has 9 heteroatoms. The minimum Gasteiger partial charge on any atom is -0.488 e. The fourth-order valence-corrected chi connectivity index (χ4v) is 3.27. The molecule has 170 valence electrons. The molecule has 34 heavy (non-hydrogen) atoms. The van der Waals surface area contributed by atoms with Crippen molar-refractivity contribution in [2.45, 2.75) is 6.61 Å². The Hall–Kier alpha value is -4.79. The Balaban J connectivity index is 1.62. The second kappa shape index (κ2) is 9.37. The number of rotatable bonds is 6. The van der Waals surface area contributed by atoms with Crippen LogP contribution in [-0.2, 0) is 16.2 Å². The molecular formula is C25H17FN2O6. The largest absolute Gasteiger partial charge is 0.488 e. The molecule has 0 aromatic heterocycles. The van der Waals surface area contributed by atoms with Gasteiger partial charge in [0, 0.05) is 5.56 Å². The first kappa shape index (κ1) is 22.4. The van der Waals surface area contributed by atoms with Crippen LogP contribution in [-0.4, -0.2) is 28.9 Å². The van der Waals surface area contributed by atoms with E-state index in [-0.39, 0.29) is 29.2 Å². The number of nitrogens with one attached hydrogen (secondary N) is 1. The predicted molar refractivity (Wildman–Crippen MR) is 120 cm³/mol. The minimum atomic E-state index is -1.16. The highest BCUT2D eigenvalue weighted by Gasteiger charge is 2.37. The summed E-state index contributed by atoms with van der Waals surface area (Å²) in [6, 6.07) is 16.6. The zero-order chi connectivity index (χ0) is 24.2. The van der Waals surface area contributed by atoms with E-state index in [0.29, 0.717) is 11.3 Å². The van der Waals surface area contributed by atoms with Gasteiger partial charge in [0.05, 0.1) is 11.3 Å². The molecule has 0 unspecified atom stereocenters. The minimum absolute atomic E-state index is 0.0207. The van der Waals surface area contributed by atoms with E-state index in [1.807, 2.05) is 0 Å². The standard InChI is InChI=1S/C25H17FN2O6/c26-18-9-5-15(6-10-18)14-34-21-4-2-1-3-17(21)13-20-22(29)27-25(33)28(23(20)30)19-11-7-16(8-12-19)24(31)32/h1-13H,14H2,(H,31,32)(H,27,29,33)/b20-13-. The van der Waals surface area contributed by atoms with E-state index >= 15 is 0 Å². The van der Waals surface area contributed by atoms with Crippen LogP contribution in [0, 0.1) is 5.82 Å². The van der Waals surface area contributed by atoms with Gasteiger partial charge in [-0.05, 0) is 54.1 Å². The molecule has 1 saturated heterocycles. The second-order valence-electron chi connectivity index (χ2n) is 7.26. The van der Waals surface area contributed by atoms with Gasteiger partial charge in [0.2, 0.25) is 0 Å². The van der Waals surface area contributed by atoms with Gasteiger partial charge in [0.1, 0.15) is 23.7 Å². The van der Waals surface area contributed by atoms with E-state index in [1.54, 1.807) is 36.4 Å². The number of carbonyl (C=O) groups excluding carboxylic acids is 3. The van der Waals surface area contributed by atoms with Crippen molar-refractivity contribution >= 4 is 35.6 Å². The molecule has 4 amide bonds. The van der Waals surface area contributed by atoms with Crippen molar-refractivity contribution in [2.24, 2.45) is 0 Å². The molecule has 1 aliphatic rings. The molecule has 0 bridgehead atoms. The number of hydrogen-bond acceptors (Lipinski definition) is 5. The van der Waals surface area contributed by atoms with Gasteiger partial charge < -0.3 is 9.84 Å². The molecule has 3 aromatic carbocycles. The third kappa shape index (κ3) is 4.68. The number of carboxylic acids is 1. The molecule has 0 aliphatic carbocycles. The Labute approximate surface area is 192 Å². The highest BCUT2D eigenvalue weighted by atomic mass is 19.1. The van der Waals surface area contributed by atoms with Crippen LogP contribution in [0.4, 0.5) is 14.9 Å². The van der Waals surface area contributed by atoms with E-state index in [1.165, 1.54) is 42.5 Å². The number of carboxylic acid groups (broad SMARTS) is 1. The topological polar surface area (TPSA) is 113 Å². The van der Waals surface area contributed by atoms with Gasteiger partial charge >= 0.3 is 12.0 Å². The molecule has 0 atom stereocenters. The number of aromatic carboxylic acids is 1. The number of para-hydroxylation sites is 1. The molecule has 1 heterocycles. The van der Waals surface area contributed by atoms with E-state index in [2.05, 4.69) is 5.32 Å². The van der Waals surface area contributed by atoms with Crippen LogP contribution in [0.25, 0.3) is 6.08 Å². The maximum Gasteiger partial charge on any atom is 0.335 e. The molecule has 8 nitrogen and oxygen atoms in total. The SMILES string of the molecule is O=C1NC(=O)N(c2ccc(C(=O)O)cc2)C(=O)/C1=C\c1ccccc1OCc1ccc(F)cc1. The van der Waals surface area contributed by atoms with Crippen LogP contribution in [0.3, 0.4) is 0 Å². The van der Waals surface area contributed by atoms with Crippen molar-refractivity contribution in [1.82, 2.24) is 5.32 Å². The first-order valence-corrected chi connectivity index (χ1v) is 10.0. The van der Waals surface area contributed by atoms with Crippen molar-refractivity contribution in [3.05, 3.63) is 101 Å². The van der Waals surface area contributed by atoms with Crippen LogP contribution in [0.15, 0.2) is 78.4 Å². The lowest BCUT2D eigenvalue weighted by molar-refractivity contribution is -0.122. The molecule has 0 saturated carbocycles. The number of hydrogen-bond donors (Lipinski definition) is 2. The summed E-state index contributed by atoms with van der Waals surface area (Å²) in [5.74, 6) is -2.90. The third-order valence-electron chi connectivity index (χ3n) is 5.00. The van der Waals surface area contributed by atoms with Gasteiger partial charge in [-0.2, -0.15) is 0 Å². The predicted octanol–water partition coefficient (Wildman–Crippen LogP) is 3.77. The number of anilines is 1. The maximum absolute atomic E-state index is 13.1. The van der Waals surface area contributed by atoms with E-state index < -0.39 is 23.8 Å². The highest BCUT2D eigenvalue weighted by Crippen LogP contribution is 2.26. The number of nitrogens with zero attached hydrogens (tertiary/aromatic N) is 1. The van der Waals surface area contributed by atoms with Crippen LogP contribution >= 0.6 is 0 Å². The first-order chi connectivity index (χ1) is 16.3. The molecule has 3 aromatic rings. The van der Waals surface area contributed by atoms with Crippen LogP contribution in [0.2, 0.25) is 0 Å². The maximum atomic E-state index is 13.1. The molecule has 1 aliphatic heterocycles. The van der Waals surface area contributed by atoms with Gasteiger partial charge in [-0.3, -0.25) is 14.9 Å². The fraction of sp³-hybridized carbons (Fsp3) is 0.0400. The number of ether oxygens (including phenoxy) is 1.